The second-order valence-electron chi connectivity index (χ2n) is 25.1. The van der Waals surface area contributed by atoms with E-state index in [4.69, 9.17) is 9.16 Å². The summed E-state index contributed by atoms with van der Waals surface area (Å²) in [4.78, 5) is 16.2. The zero-order valence-corrected chi connectivity index (χ0v) is 50.0. The van der Waals surface area contributed by atoms with Gasteiger partial charge in [-0.15, -0.1) is 0 Å². The number of carbonyl (C=O) groups excluding carboxylic acids is 1. The molecule has 376 valence electrons. The lowest BCUT2D eigenvalue weighted by molar-refractivity contribution is -0.116. The molecular formula is C64H94O3Si2. The zero-order chi connectivity index (χ0) is 51.7. The summed E-state index contributed by atoms with van der Waals surface area (Å²) >= 11 is 0. The van der Waals surface area contributed by atoms with Gasteiger partial charge in [0, 0.05) is 0 Å². The number of benzene rings is 4. The Morgan fingerprint density at radius 2 is 0.551 bits per heavy atom. The molecule has 0 aromatic heterocycles. The van der Waals surface area contributed by atoms with Crippen LogP contribution in [0.25, 0.3) is 0 Å². The van der Waals surface area contributed by atoms with Crippen molar-refractivity contribution in [3.05, 3.63) is 126 Å². The van der Waals surface area contributed by atoms with Gasteiger partial charge in [-0.2, -0.15) is 0 Å². The highest BCUT2D eigenvalue weighted by Gasteiger charge is 2.77. The van der Waals surface area contributed by atoms with Crippen LogP contribution in [0.15, 0.2) is 59.7 Å². The first kappa shape index (κ1) is 54.7. The molecular weight excluding hydrogens is 873 g/mol. The number of rotatable bonds is 16. The molecule has 4 aromatic carbocycles. The van der Waals surface area contributed by atoms with Crippen LogP contribution in [0.2, 0.25) is 0 Å². The van der Waals surface area contributed by atoms with Gasteiger partial charge < -0.3 is 9.16 Å². The molecule has 0 bridgehead atoms. The van der Waals surface area contributed by atoms with Crippen molar-refractivity contribution in [1.29, 1.82) is 0 Å². The fourth-order valence-electron chi connectivity index (χ4n) is 12.1. The Morgan fingerprint density at radius 1 is 0.333 bits per heavy atom. The number of Topliss-reactive ketones (excluding diaryl/α,β-unsaturated/α-hetero) is 1. The predicted octanol–water partition coefficient (Wildman–Crippen LogP) is 15.9. The van der Waals surface area contributed by atoms with Crippen molar-refractivity contribution in [2.24, 2.45) is 0 Å². The van der Waals surface area contributed by atoms with E-state index in [2.05, 4.69) is 215 Å². The van der Waals surface area contributed by atoms with Gasteiger partial charge in [-0.3, -0.25) is 4.79 Å². The van der Waals surface area contributed by atoms with Crippen LogP contribution in [-0.4, -0.2) is 27.8 Å². The van der Waals surface area contributed by atoms with Crippen LogP contribution in [0.3, 0.4) is 0 Å². The van der Waals surface area contributed by atoms with E-state index in [9.17, 15) is 0 Å². The summed E-state index contributed by atoms with van der Waals surface area (Å²) in [5.41, 5.74) is 16.5. The van der Waals surface area contributed by atoms with Gasteiger partial charge in [0.25, 0.3) is 5.95 Å². The van der Waals surface area contributed by atoms with Crippen molar-refractivity contribution in [3.8, 4) is 0 Å². The van der Waals surface area contributed by atoms with Crippen molar-refractivity contribution in [2.75, 3.05) is 6.61 Å². The molecule has 0 unspecified atom stereocenters. The molecule has 2 heterocycles. The van der Waals surface area contributed by atoms with Crippen LogP contribution in [-0.2, 0) is 14.0 Å². The van der Waals surface area contributed by atoms with Gasteiger partial charge >= 0.3 is 7.83 Å². The fourth-order valence-corrected chi connectivity index (χ4v) is 33.3. The highest BCUT2D eigenvalue weighted by Crippen LogP contribution is 2.50. The van der Waals surface area contributed by atoms with E-state index in [1.807, 2.05) is 0 Å². The van der Waals surface area contributed by atoms with Gasteiger partial charge in [0.15, 0.2) is 12.4 Å². The Kier molecular flexibility index (Phi) is 16.2. The maximum absolute atomic E-state index is 16.2. The first-order valence-electron chi connectivity index (χ1n) is 27.4. The molecule has 6 rings (SSSR count). The predicted molar refractivity (Wildman–Crippen MR) is 304 cm³/mol. The second kappa shape index (κ2) is 20.4. The van der Waals surface area contributed by atoms with Crippen LogP contribution in [0.5, 0.6) is 0 Å². The number of carbonyl (C=O) groups is 1. The molecule has 0 spiro atoms. The molecule has 2 aliphatic heterocycles. The molecule has 69 heavy (non-hydrogen) atoms. The molecule has 4 aromatic rings. The van der Waals surface area contributed by atoms with Crippen molar-refractivity contribution in [2.45, 2.75) is 237 Å². The lowest BCUT2D eigenvalue weighted by Gasteiger charge is -2.51. The van der Waals surface area contributed by atoms with Gasteiger partial charge in [-0.05, 0) is 159 Å². The summed E-state index contributed by atoms with van der Waals surface area (Å²) in [6.45, 7) is 57.4. The van der Waals surface area contributed by atoms with Crippen LogP contribution in [0, 0.1) is 0 Å². The number of ketones is 1. The number of hydrogen-bond donors (Lipinski definition) is 0. The minimum absolute atomic E-state index is 0.0147. The minimum atomic E-state index is -4.01. The zero-order valence-electron chi connectivity index (χ0n) is 48.0. The van der Waals surface area contributed by atoms with Gasteiger partial charge in [0.05, 0.1) is 5.20 Å². The topological polar surface area (TPSA) is 35.5 Å². The molecule has 0 saturated carbocycles. The van der Waals surface area contributed by atoms with E-state index in [0.717, 1.165) is 5.20 Å². The van der Waals surface area contributed by atoms with Crippen LogP contribution >= 0.6 is 0 Å². The second-order valence-corrected chi connectivity index (χ2v) is 35.0. The summed E-state index contributed by atoms with van der Waals surface area (Å²) in [6, 6.07) is 20.6. The Bertz CT molecular complexity index is 2320. The van der Waals surface area contributed by atoms with Crippen LogP contribution < -0.4 is 20.7 Å². The average Bonchev–Trinajstić information content (AvgIpc) is 3.78. The normalized spacial score (nSPS) is 16.0. The lowest BCUT2D eigenvalue weighted by Crippen LogP contribution is -2.89. The lowest BCUT2D eigenvalue weighted by atomic mass is 9.89. The first-order valence-corrected chi connectivity index (χ1v) is 32.3. The number of ether oxygens (including phenoxy) is 1. The van der Waals surface area contributed by atoms with Gasteiger partial charge in [0.2, 0.25) is 7.59 Å². The SMILES string of the molecule is CC(C)c1cc(C(C)C)c([Si]2(c3c(C(C)C)cc(C(C)C)cc3C(C)C)OC3=C(C(=O)CO3)[Si]2(c2c(C(C)C)cc(C(C)C)cc2C(C)C)c2c(C(C)C)cc(C(C)C)cc2C(C)C)c(C(C)C)c1. The summed E-state index contributed by atoms with van der Waals surface area (Å²) in [6.07, 6.45) is 0. The van der Waals surface area contributed by atoms with Crippen molar-refractivity contribution in [3.63, 3.8) is 0 Å². The summed E-state index contributed by atoms with van der Waals surface area (Å²) in [7, 11) is -7.97. The van der Waals surface area contributed by atoms with Crippen molar-refractivity contribution < 1.29 is 14.0 Å². The first-order chi connectivity index (χ1) is 32.1. The third kappa shape index (κ3) is 9.14. The quantitative estimate of drug-likeness (QED) is 0.105. The highest BCUT2D eigenvalue weighted by molar-refractivity contribution is 7.62. The van der Waals surface area contributed by atoms with Crippen LogP contribution in [0.4, 0.5) is 0 Å². The number of hydrogen-bond acceptors (Lipinski definition) is 3. The highest BCUT2D eigenvalue weighted by atomic mass is 29.3. The van der Waals surface area contributed by atoms with E-state index >= 15 is 4.79 Å². The van der Waals surface area contributed by atoms with E-state index in [1.165, 1.54) is 87.5 Å². The monoisotopic (exact) mass is 967 g/mol. The Morgan fingerprint density at radius 3 is 0.754 bits per heavy atom. The largest absolute Gasteiger partial charge is 0.512 e. The molecule has 0 atom stereocenters. The molecule has 0 N–H and O–H groups in total. The summed E-state index contributed by atoms with van der Waals surface area (Å²) in [5, 5.41) is 6.58. The standard InChI is InChI=1S/C64H94O3Si2/c1-34(2)46-25-50(38(9)10)59(51(26-46)39(11)12)68(60-52(40(13)14)27-47(35(3)4)28-53(60)41(15)16)63-58(65)33-66-64(63)67-69(68,61-54(42(17)18)29-48(36(5)6)30-55(61)43(19)20)62-56(44(21)22)31-49(37(7)8)32-57(62)45(23)24/h25-32,34-45H,33H2,1-24H3. The molecule has 0 amide bonds. The maximum atomic E-state index is 16.2. The fraction of sp³-hybridized carbons (Fsp3) is 0.578. The summed E-state index contributed by atoms with van der Waals surface area (Å²) < 4.78 is 15.7. The van der Waals surface area contributed by atoms with Gasteiger partial charge in [0.1, 0.15) is 0 Å². The smallest absolute Gasteiger partial charge is 0.317 e. The molecule has 2 aliphatic rings. The van der Waals surface area contributed by atoms with E-state index < -0.39 is 15.4 Å². The van der Waals surface area contributed by atoms with E-state index in [1.54, 1.807) is 0 Å². The van der Waals surface area contributed by atoms with E-state index in [0.29, 0.717) is 29.6 Å². The van der Waals surface area contributed by atoms with Crippen molar-refractivity contribution >= 4 is 42.0 Å². The summed E-state index contributed by atoms with van der Waals surface area (Å²) in [5.74, 6) is 3.37. The molecule has 0 fully saturated rings. The molecule has 3 nitrogen and oxygen atoms in total. The average molecular weight is 968 g/mol. The van der Waals surface area contributed by atoms with Crippen LogP contribution in [0.1, 0.15) is 304 Å². The molecule has 0 radical (unpaired) electrons. The van der Waals surface area contributed by atoms with E-state index in [-0.39, 0.29) is 59.7 Å². The van der Waals surface area contributed by atoms with Crippen molar-refractivity contribution in [1.82, 2.24) is 0 Å². The van der Waals surface area contributed by atoms with Gasteiger partial charge in [-0.1, -0.05) is 215 Å². The minimum Gasteiger partial charge on any atom is -0.512 e. The third-order valence-corrected chi connectivity index (χ3v) is 31.2. The third-order valence-electron chi connectivity index (χ3n) is 15.9. The maximum Gasteiger partial charge on any atom is 0.317 e. The molecule has 0 saturated heterocycles. The Balaban J connectivity index is 2.27. The molecule has 5 heteroatoms. The molecule has 0 aliphatic carbocycles. The Hall–Kier alpha value is -3.68. The van der Waals surface area contributed by atoms with Gasteiger partial charge in [-0.25, -0.2) is 0 Å². The Labute approximate surface area is 424 Å².